The van der Waals surface area contributed by atoms with Crippen molar-refractivity contribution in [1.29, 1.82) is 0 Å². The molecular weight excluding hydrogens is 476 g/mol. The molecule has 9 heteroatoms. The van der Waals surface area contributed by atoms with Gasteiger partial charge in [-0.25, -0.2) is 23.7 Å². The van der Waals surface area contributed by atoms with Crippen LogP contribution in [0.5, 0.6) is 5.75 Å². The maximum Gasteiger partial charge on any atom is 0.255 e. The van der Waals surface area contributed by atoms with E-state index in [4.69, 9.17) is 4.74 Å². The van der Waals surface area contributed by atoms with Crippen LogP contribution in [0.4, 0.5) is 20.3 Å². The van der Waals surface area contributed by atoms with Gasteiger partial charge in [0, 0.05) is 19.5 Å². The lowest BCUT2D eigenvalue weighted by Gasteiger charge is -2.18. The molecule has 2 aliphatic rings. The minimum atomic E-state index is -2.56. The number of hydrogen-bond acceptors (Lipinski definition) is 6. The molecule has 0 bridgehead atoms. The number of amides is 1. The first-order valence-corrected chi connectivity index (χ1v) is 12.7. The smallest absolute Gasteiger partial charge is 0.255 e. The summed E-state index contributed by atoms with van der Waals surface area (Å²) >= 11 is 0. The Balaban J connectivity index is 1.06. The fraction of sp³-hybridized carbons (Fsp3) is 0.429. The van der Waals surface area contributed by atoms with Crippen LogP contribution < -0.4 is 15.0 Å². The number of nitrogens with zero attached hydrogens (tertiary/aromatic N) is 4. The van der Waals surface area contributed by atoms with E-state index < -0.39 is 11.8 Å². The second-order valence-corrected chi connectivity index (χ2v) is 10.0. The second-order valence-electron chi connectivity index (χ2n) is 10.0. The molecule has 2 aromatic heterocycles. The minimum Gasteiger partial charge on any atom is -0.491 e. The molecule has 3 aromatic rings. The van der Waals surface area contributed by atoms with E-state index in [-0.39, 0.29) is 24.9 Å². The van der Waals surface area contributed by atoms with Crippen LogP contribution in [0.15, 0.2) is 61.3 Å². The van der Waals surface area contributed by atoms with E-state index in [1.807, 2.05) is 31.2 Å². The van der Waals surface area contributed by atoms with Crippen molar-refractivity contribution >= 4 is 17.4 Å². The molecule has 1 aliphatic carbocycles. The van der Waals surface area contributed by atoms with Gasteiger partial charge in [0.2, 0.25) is 5.91 Å². The summed E-state index contributed by atoms with van der Waals surface area (Å²) in [6.07, 6.45) is 9.28. The van der Waals surface area contributed by atoms with Gasteiger partial charge in [0.1, 0.15) is 17.9 Å². The van der Waals surface area contributed by atoms with Crippen LogP contribution in [0.1, 0.15) is 43.2 Å². The van der Waals surface area contributed by atoms with E-state index in [0.29, 0.717) is 17.4 Å². The third-order valence-corrected chi connectivity index (χ3v) is 7.28. The standard InChI is InChI=1S/C28H31F2N5O2/c1-19(27(36)34-24-13-31-18-32-14-24)22-6-4-20(5-7-22)2-3-21-10-11-35(16-21)26-9-8-25(15-33-26)37-17-23-12-28(23,29)30/h4-9,13-15,18-19,21,23H,2-3,10-12,16-17H2,1H3,(H,34,36)/t19?,21-,23?/m1/s1. The normalized spacial score (nSPS) is 20.9. The van der Waals surface area contributed by atoms with Gasteiger partial charge in [-0.05, 0) is 55.4 Å². The number of aryl methyl sites for hydroxylation is 1. The molecule has 194 valence electrons. The van der Waals surface area contributed by atoms with Crippen molar-refractivity contribution in [2.75, 3.05) is 29.9 Å². The number of nitrogens with one attached hydrogen (secondary N) is 1. The number of halogens is 2. The lowest BCUT2D eigenvalue weighted by Crippen LogP contribution is -2.20. The number of rotatable bonds is 10. The van der Waals surface area contributed by atoms with Gasteiger partial charge in [-0.3, -0.25) is 4.79 Å². The molecule has 0 spiro atoms. The Morgan fingerprint density at radius 1 is 1.16 bits per heavy atom. The quantitative estimate of drug-likeness (QED) is 0.411. The van der Waals surface area contributed by atoms with Crippen LogP contribution in [0.3, 0.4) is 0 Å². The predicted molar refractivity (Wildman–Crippen MR) is 137 cm³/mol. The SMILES string of the molecule is CC(C(=O)Nc1cncnc1)c1ccc(CC[C@@H]2CCN(c3ccc(OCC4CC4(F)F)cn3)C2)cc1. The van der Waals surface area contributed by atoms with Gasteiger partial charge in [-0.2, -0.15) is 0 Å². The largest absolute Gasteiger partial charge is 0.491 e. The van der Waals surface area contributed by atoms with E-state index in [2.05, 4.69) is 37.3 Å². The molecule has 7 nitrogen and oxygen atoms in total. The lowest BCUT2D eigenvalue weighted by molar-refractivity contribution is -0.117. The van der Waals surface area contributed by atoms with Crippen molar-refractivity contribution in [1.82, 2.24) is 15.0 Å². The predicted octanol–water partition coefficient (Wildman–Crippen LogP) is 5.11. The van der Waals surface area contributed by atoms with Gasteiger partial charge in [0.15, 0.2) is 0 Å². The summed E-state index contributed by atoms with van der Waals surface area (Å²) in [7, 11) is 0. The highest BCUT2D eigenvalue weighted by atomic mass is 19.3. The molecule has 1 aliphatic heterocycles. The summed E-state index contributed by atoms with van der Waals surface area (Å²) in [6.45, 7) is 3.82. The Kier molecular flexibility index (Phi) is 7.30. The topological polar surface area (TPSA) is 80.2 Å². The van der Waals surface area contributed by atoms with Crippen LogP contribution in [0.25, 0.3) is 0 Å². The summed E-state index contributed by atoms with van der Waals surface area (Å²) in [4.78, 5) is 27.1. The Morgan fingerprint density at radius 3 is 2.59 bits per heavy atom. The van der Waals surface area contributed by atoms with Crippen LogP contribution in [-0.2, 0) is 11.2 Å². The van der Waals surface area contributed by atoms with Gasteiger partial charge in [-0.1, -0.05) is 24.3 Å². The van der Waals surface area contributed by atoms with Crippen molar-refractivity contribution in [3.63, 3.8) is 0 Å². The van der Waals surface area contributed by atoms with Crippen LogP contribution >= 0.6 is 0 Å². The highest BCUT2D eigenvalue weighted by Gasteiger charge is 2.57. The average molecular weight is 508 g/mol. The van der Waals surface area contributed by atoms with Gasteiger partial charge in [0.25, 0.3) is 5.92 Å². The molecule has 1 N–H and O–H groups in total. The maximum absolute atomic E-state index is 13.0. The lowest BCUT2D eigenvalue weighted by atomic mass is 9.95. The number of anilines is 2. The first-order chi connectivity index (χ1) is 17.9. The fourth-order valence-electron chi connectivity index (χ4n) is 4.68. The second kappa shape index (κ2) is 10.8. The number of ether oxygens (including phenoxy) is 1. The third-order valence-electron chi connectivity index (χ3n) is 7.28. The number of aromatic nitrogens is 3. The zero-order chi connectivity index (χ0) is 25.8. The molecule has 0 radical (unpaired) electrons. The Bertz CT molecular complexity index is 1190. The summed E-state index contributed by atoms with van der Waals surface area (Å²) in [5, 5.41) is 2.85. The fourth-order valence-corrected chi connectivity index (χ4v) is 4.68. The van der Waals surface area contributed by atoms with Crippen LogP contribution in [0, 0.1) is 11.8 Å². The van der Waals surface area contributed by atoms with Crippen LogP contribution in [0.2, 0.25) is 0 Å². The molecule has 37 heavy (non-hydrogen) atoms. The van der Waals surface area contributed by atoms with Gasteiger partial charge in [0.05, 0.1) is 42.7 Å². The van der Waals surface area contributed by atoms with E-state index >= 15 is 0 Å². The zero-order valence-electron chi connectivity index (χ0n) is 20.8. The van der Waals surface area contributed by atoms with Gasteiger partial charge < -0.3 is 15.0 Å². The van der Waals surface area contributed by atoms with E-state index in [1.165, 1.54) is 11.9 Å². The molecule has 1 amide bonds. The average Bonchev–Trinajstić information content (AvgIpc) is 3.29. The van der Waals surface area contributed by atoms with Crippen molar-refractivity contribution in [3.8, 4) is 5.75 Å². The highest BCUT2D eigenvalue weighted by Crippen LogP contribution is 2.48. The number of benzene rings is 1. The maximum atomic E-state index is 13.0. The number of alkyl halides is 2. The van der Waals surface area contributed by atoms with Crippen molar-refractivity contribution in [2.45, 2.75) is 44.4 Å². The number of pyridine rings is 1. The van der Waals surface area contributed by atoms with Gasteiger partial charge >= 0.3 is 0 Å². The highest BCUT2D eigenvalue weighted by molar-refractivity contribution is 5.95. The molecule has 2 unspecified atom stereocenters. The Labute approximate surface area is 215 Å². The molecule has 1 saturated heterocycles. The molecular formula is C28H31F2N5O2. The van der Waals surface area contributed by atoms with Gasteiger partial charge in [-0.15, -0.1) is 0 Å². The molecule has 1 aromatic carbocycles. The monoisotopic (exact) mass is 507 g/mol. The third kappa shape index (κ3) is 6.39. The minimum absolute atomic E-state index is 0.0377. The number of carbonyl (C=O) groups is 1. The van der Waals surface area contributed by atoms with E-state index in [0.717, 1.165) is 43.7 Å². The van der Waals surface area contributed by atoms with E-state index in [1.54, 1.807) is 18.6 Å². The molecule has 3 atom stereocenters. The Hall–Kier alpha value is -3.62. The number of hydrogen-bond donors (Lipinski definition) is 1. The van der Waals surface area contributed by atoms with Crippen molar-refractivity contribution < 1.29 is 18.3 Å². The molecule has 2 fully saturated rings. The first-order valence-electron chi connectivity index (χ1n) is 12.7. The summed E-state index contributed by atoms with van der Waals surface area (Å²) in [5.41, 5.74) is 2.81. The summed E-state index contributed by atoms with van der Waals surface area (Å²) in [6, 6.07) is 12.0. The zero-order valence-corrected chi connectivity index (χ0v) is 20.8. The first kappa shape index (κ1) is 25.0. The Morgan fingerprint density at radius 2 is 1.92 bits per heavy atom. The molecule has 3 heterocycles. The summed E-state index contributed by atoms with van der Waals surface area (Å²) < 4.78 is 31.5. The van der Waals surface area contributed by atoms with E-state index in [9.17, 15) is 13.6 Å². The molecule has 1 saturated carbocycles. The summed E-state index contributed by atoms with van der Waals surface area (Å²) in [5.74, 6) is -1.60. The van der Waals surface area contributed by atoms with Crippen molar-refractivity contribution in [2.24, 2.45) is 11.8 Å². The van der Waals surface area contributed by atoms with Crippen LogP contribution in [-0.4, -0.2) is 46.5 Å². The molecule has 5 rings (SSSR count). The van der Waals surface area contributed by atoms with Crippen molar-refractivity contribution in [3.05, 3.63) is 72.4 Å². The number of carbonyl (C=O) groups excluding carboxylic acids is 1.